The molecular formula is C49H56Cl2N2O4PdSi. The predicted molar refractivity (Wildman–Crippen MR) is 236 cm³/mol. The van der Waals surface area contributed by atoms with Crippen molar-refractivity contribution in [3.63, 3.8) is 0 Å². The van der Waals surface area contributed by atoms with E-state index in [9.17, 15) is 0 Å². The van der Waals surface area contributed by atoms with Crippen LogP contribution in [0.5, 0.6) is 11.5 Å². The molecular weight excluding hydrogens is 886 g/mol. The third-order valence-electron chi connectivity index (χ3n) is 14.4. The van der Waals surface area contributed by atoms with Crippen LogP contribution in [0.25, 0.3) is 11.2 Å². The van der Waals surface area contributed by atoms with Crippen molar-refractivity contribution in [2.24, 2.45) is 9.98 Å². The standard InChI is InChI=1S/C49H56N2O4Si.2ClH.Pd/c1-29-15-13-16-30(2)43(29)50-45-46(51-44-31(3)17-14-18-32(44)4)53-40-25-37-35(23-39(40)52-45)47(5,6)27-49(37)28-48(7,8)36-24-41-42(26-38(36)49)55-56(54-41,33-19-9-10-20-33)34-21-11-12-22-34;;;/h13-18,23-26,33-34H,9-12,19-22,27-28H2,1-8H3;2*1H;/q;;;+2/p-2/t49-;;;/m0.../s1. The molecule has 5 aromatic rings. The van der Waals surface area contributed by atoms with Gasteiger partial charge in [-0.2, -0.15) is 0 Å². The van der Waals surface area contributed by atoms with E-state index in [1.165, 1.54) is 73.6 Å². The molecule has 1 aliphatic heterocycles. The van der Waals surface area contributed by atoms with Crippen LogP contribution in [0.1, 0.15) is 136 Å². The molecule has 5 aliphatic rings. The molecule has 0 radical (unpaired) electrons. The first-order valence-corrected chi connectivity index (χ1v) is 27.4. The summed E-state index contributed by atoms with van der Waals surface area (Å²) in [7, 11) is 7.15. The molecule has 0 bridgehead atoms. The number of hydrogen-bond donors (Lipinski definition) is 0. The van der Waals surface area contributed by atoms with E-state index in [4.69, 9.17) is 46.7 Å². The van der Waals surface area contributed by atoms with E-state index >= 15 is 0 Å². The van der Waals surface area contributed by atoms with Crippen molar-refractivity contribution in [1.29, 1.82) is 0 Å². The van der Waals surface area contributed by atoms with Gasteiger partial charge in [-0.25, -0.2) is 9.98 Å². The van der Waals surface area contributed by atoms with Gasteiger partial charge in [0.25, 0.3) is 11.1 Å². The zero-order valence-electron chi connectivity index (χ0n) is 35.6. The Morgan fingerprint density at radius 3 is 1.36 bits per heavy atom. The molecule has 0 unspecified atom stereocenters. The summed E-state index contributed by atoms with van der Waals surface area (Å²) < 4.78 is 28.5. The van der Waals surface area contributed by atoms with E-state index in [-0.39, 0.29) is 32.2 Å². The Balaban J connectivity index is 0.00000145. The van der Waals surface area contributed by atoms with Crippen LogP contribution in [0.4, 0.5) is 11.4 Å². The number of halogens is 2. The molecule has 314 valence electrons. The van der Waals surface area contributed by atoms with Gasteiger partial charge in [-0.05, 0) is 146 Å². The number of aryl methyl sites for hydroxylation is 4. The predicted octanol–water partition coefficient (Wildman–Crippen LogP) is 13.9. The molecule has 2 heterocycles. The van der Waals surface area contributed by atoms with Crippen LogP contribution in [0, 0.1) is 27.7 Å². The number of nitrogens with zero attached hydrogens (tertiary/aromatic N) is 2. The van der Waals surface area contributed by atoms with Crippen molar-refractivity contribution >= 4 is 50.2 Å². The molecule has 1 aromatic heterocycles. The third kappa shape index (κ3) is 6.92. The van der Waals surface area contributed by atoms with E-state index < -0.39 is 8.56 Å². The summed E-state index contributed by atoms with van der Waals surface area (Å²) in [4.78, 5) is 10.3. The van der Waals surface area contributed by atoms with E-state index in [2.05, 4.69) is 116 Å². The molecule has 1 spiro atoms. The van der Waals surface area contributed by atoms with Gasteiger partial charge >= 0.3 is 43.6 Å². The van der Waals surface area contributed by atoms with Crippen molar-refractivity contribution in [2.45, 2.75) is 147 Å². The molecule has 0 amide bonds. The topological polar surface area (TPSA) is 69.5 Å². The first-order chi connectivity index (χ1) is 28.2. The fourth-order valence-corrected chi connectivity index (χ4v) is 16.7. The summed E-state index contributed by atoms with van der Waals surface area (Å²) in [6, 6.07) is 21.8. The SMILES string of the molecule is Cc1cccc(C)c1N=c1oc2cc3c(cc2oc1=Nc1c(C)cccc1C)[C@@]1(CC(C)(C)c2cc4c(cc21)O[Si](C1CCCC1)(C1CCCC1)O4)CC3(C)C.[Cl][Pd][Cl]. The van der Waals surface area contributed by atoms with Crippen LogP contribution in [0.15, 0.2) is 79.5 Å². The first-order valence-electron chi connectivity index (χ1n) is 21.4. The maximum atomic E-state index is 7.40. The second-order valence-electron chi connectivity index (χ2n) is 19.3. The van der Waals surface area contributed by atoms with Crippen molar-refractivity contribution in [1.82, 2.24) is 0 Å². The van der Waals surface area contributed by atoms with Gasteiger partial charge in [0.15, 0.2) is 11.2 Å². The van der Waals surface area contributed by atoms with Gasteiger partial charge in [-0.15, -0.1) is 0 Å². The average molecular weight is 942 g/mol. The third-order valence-corrected chi connectivity index (χ3v) is 18.9. The van der Waals surface area contributed by atoms with Crippen LogP contribution in [0.3, 0.4) is 0 Å². The molecule has 0 N–H and O–H groups in total. The molecule has 6 nitrogen and oxygen atoms in total. The Morgan fingerprint density at radius 2 is 0.932 bits per heavy atom. The molecule has 10 heteroatoms. The maximum absolute atomic E-state index is 7.40. The minimum atomic E-state index is -2.47. The second-order valence-corrected chi connectivity index (χ2v) is 25.2. The van der Waals surface area contributed by atoms with E-state index in [1.54, 1.807) is 0 Å². The summed E-state index contributed by atoms with van der Waals surface area (Å²) in [5.41, 5.74) is 14.4. The van der Waals surface area contributed by atoms with Gasteiger partial charge in [-0.3, -0.25) is 0 Å². The second kappa shape index (κ2) is 15.3. The fraction of sp³-hybridized carbons (Fsp3) is 0.469. The molecule has 0 saturated heterocycles. The van der Waals surface area contributed by atoms with Gasteiger partial charge in [-0.1, -0.05) is 89.8 Å². The van der Waals surface area contributed by atoms with Crippen LogP contribution in [0.2, 0.25) is 11.1 Å². The number of para-hydroxylation sites is 2. The van der Waals surface area contributed by atoms with Gasteiger partial charge in [0.05, 0.1) is 11.4 Å². The Bertz CT molecular complexity index is 2560. The van der Waals surface area contributed by atoms with Crippen LogP contribution in [-0.2, 0) is 32.2 Å². The normalized spacial score (nSPS) is 23.0. The molecule has 4 aliphatic carbocycles. The molecule has 59 heavy (non-hydrogen) atoms. The van der Waals surface area contributed by atoms with Crippen LogP contribution >= 0.6 is 19.1 Å². The summed E-state index contributed by atoms with van der Waals surface area (Å²) in [6.45, 7) is 18.0. The summed E-state index contributed by atoms with van der Waals surface area (Å²) in [6.07, 6.45) is 12.2. The minimum absolute atomic E-state index is 0.0492. The molecule has 4 aromatic carbocycles. The Morgan fingerprint density at radius 1 is 0.576 bits per heavy atom. The first kappa shape index (κ1) is 41.2. The monoisotopic (exact) mass is 940 g/mol. The quantitative estimate of drug-likeness (QED) is 0.168. The molecule has 1 atom stereocenters. The van der Waals surface area contributed by atoms with Crippen LogP contribution in [-0.4, -0.2) is 8.56 Å². The Kier molecular flexibility index (Phi) is 10.7. The van der Waals surface area contributed by atoms with Crippen molar-refractivity contribution in [3.8, 4) is 11.5 Å². The van der Waals surface area contributed by atoms with Gasteiger partial charge in [0, 0.05) is 16.5 Å². The number of hydrogen-bond acceptors (Lipinski definition) is 6. The van der Waals surface area contributed by atoms with E-state index in [0.29, 0.717) is 33.4 Å². The van der Waals surface area contributed by atoms with Gasteiger partial charge in [0.1, 0.15) is 11.5 Å². The molecule has 2 fully saturated rings. The van der Waals surface area contributed by atoms with Gasteiger partial charge < -0.3 is 17.7 Å². The summed E-state index contributed by atoms with van der Waals surface area (Å²) in [5, 5.41) is 0. The van der Waals surface area contributed by atoms with Gasteiger partial charge in [0.2, 0.25) is 0 Å². The average Bonchev–Trinajstić information content (AvgIpc) is 4.02. The number of rotatable bonds is 4. The van der Waals surface area contributed by atoms with Crippen LogP contribution < -0.4 is 20.0 Å². The van der Waals surface area contributed by atoms with E-state index in [1.807, 2.05) is 0 Å². The zero-order chi connectivity index (χ0) is 41.5. The van der Waals surface area contributed by atoms with E-state index in [0.717, 1.165) is 58.0 Å². The van der Waals surface area contributed by atoms with Crippen molar-refractivity contribution < 1.29 is 33.6 Å². The Hall–Kier alpha value is -3.12. The fourth-order valence-electron chi connectivity index (χ4n) is 11.9. The summed E-state index contributed by atoms with van der Waals surface area (Å²) >= 11 is -0.106. The number of benzene rings is 4. The number of fused-ring (bicyclic) bond motifs is 6. The van der Waals surface area contributed by atoms with Crippen molar-refractivity contribution in [2.75, 3.05) is 0 Å². The molecule has 2 saturated carbocycles. The van der Waals surface area contributed by atoms with Crippen molar-refractivity contribution in [3.05, 3.63) is 116 Å². The summed E-state index contributed by atoms with van der Waals surface area (Å²) in [5.74, 6) is 2.02. The molecule has 10 rings (SSSR count). The Labute approximate surface area is 366 Å². The zero-order valence-corrected chi connectivity index (χ0v) is 39.7.